The molecule has 0 rings (SSSR count). The molecule has 0 fully saturated rings. The van der Waals surface area contributed by atoms with Crippen LogP contribution in [0.25, 0.3) is 0 Å². The van der Waals surface area contributed by atoms with Crippen molar-refractivity contribution in [3.63, 3.8) is 0 Å². The van der Waals surface area contributed by atoms with Crippen LogP contribution in [-0.2, 0) is 27.9 Å². The van der Waals surface area contributed by atoms with Gasteiger partial charge in [0, 0.05) is 6.42 Å². The number of esters is 1. The minimum absolute atomic E-state index is 0.0862. The van der Waals surface area contributed by atoms with Gasteiger partial charge in [0.05, 0.1) is 19.1 Å². The molecule has 0 aliphatic rings. The molecular formula is C29H60NO9P. The molecule has 0 heterocycles. The highest BCUT2D eigenvalue weighted by Gasteiger charge is 2.27. The van der Waals surface area contributed by atoms with Crippen molar-refractivity contribution >= 4 is 13.8 Å². The molecule has 10 nitrogen and oxygen atoms in total. The summed E-state index contributed by atoms with van der Waals surface area (Å²) in [5, 5.41) is 22.9. The highest BCUT2D eigenvalue weighted by Crippen LogP contribution is 2.43. The third-order valence-electron chi connectivity index (χ3n) is 6.68. The third kappa shape index (κ3) is 26.3. The van der Waals surface area contributed by atoms with Gasteiger partial charge in [-0.25, -0.2) is 4.57 Å². The summed E-state index contributed by atoms with van der Waals surface area (Å²) in [6, 6.07) is 0. The monoisotopic (exact) mass is 597 g/mol. The van der Waals surface area contributed by atoms with Crippen molar-refractivity contribution in [2.24, 2.45) is 0 Å². The van der Waals surface area contributed by atoms with E-state index in [2.05, 4.69) is 19.6 Å². The van der Waals surface area contributed by atoms with E-state index >= 15 is 0 Å². The largest absolute Gasteiger partial charge is 0.807 e. The number of quaternary nitrogens is 1. The standard InChI is InChI=1S/C29H59NO9P/c1-3-5-7-9-11-13-15-17-19-21-28(31)36-25-27(26-38-40(34,35)37-24-23-30)39-29(32,33)22-20-18-16-14-12-10-8-6-4-2/h27,32H,3-26,30H2,1-2H3,(H,34,35)/q-1/p+1/t27-,29?/m0/s1. The van der Waals surface area contributed by atoms with Gasteiger partial charge in [-0.3, -0.25) is 13.8 Å². The quantitative estimate of drug-likeness (QED) is 0.0440. The number of carbonyl (C=O) groups excluding carboxylic acids is 1. The lowest BCUT2D eigenvalue weighted by molar-refractivity contribution is -0.634. The average molecular weight is 598 g/mol. The van der Waals surface area contributed by atoms with Crippen molar-refractivity contribution in [3.05, 3.63) is 0 Å². The number of phosphoric ester groups is 1. The van der Waals surface area contributed by atoms with Crippen LogP contribution in [0.1, 0.15) is 142 Å². The second-order valence-corrected chi connectivity index (χ2v) is 12.2. The molecule has 3 atom stereocenters. The zero-order valence-electron chi connectivity index (χ0n) is 25.5. The van der Waals surface area contributed by atoms with Gasteiger partial charge in [-0.2, -0.15) is 0 Å². The number of hydrogen-bond acceptors (Lipinski definition) is 8. The number of carbonyl (C=O) groups is 1. The molecule has 0 amide bonds. The average Bonchev–Trinajstić information content (AvgIpc) is 2.91. The zero-order chi connectivity index (χ0) is 30.0. The van der Waals surface area contributed by atoms with Gasteiger partial charge in [-0.1, -0.05) is 117 Å². The van der Waals surface area contributed by atoms with Crippen LogP contribution in [0.3, 0.4) is 0 Å². The van der Waals surface area contributed by atoms with E-state index in [0.717, 1.165) is 38.5 Å². The van der Waals surface area contributed by atoms with Crippen LogP contribution in [0.15, 0.2) is 0 Å². The van der Waals surface area contributed by atoms with Gasteiger partial charge in [0.1, 0.15) is 19.3 Å². The number of rotatable bonds is 30. The van der Waals surface area contributed by atoms with E-state index in [1.165, 1.54) is 64.2 Å². The number of hydrogen-bond donors (Lipinski definition) is 3. The summed E-state index contributed by atoms with van der Waals surface area (Å²) in [4.78, 5) is 22.0. The van der Waals surface area contributed by atoms with Gasteiger partial charge in [-0.15, -0.1) is 0 Å². The summed E-state index contributed by atoms with van der Waals surface area (Å²) in [5.74, 6) is -3.18. The molecule has 0 spiro atoms. The van der Waals surface area contributed by atoms with E-state index in [4.69, 9.17) is 18.5 Å². The van der Waals surface area contributed by atoms with Gasteiger partial charge in [-0.05, 0) is 19.3 Å². The first-order chi connectivity index (χ1) is 19.2. The Hall–Kier alpha value is -0.580. The van der Waals surface area contributed by atoms with Crippen molar-refractivity contribution in [1.82, 2.24) is 0 Å². The van der Waals surface area contributed by atoms with E-state index in [1.54, 1.807) is 0 Å². The Morgan fingerprint density at radius 3 is 1.77 bits per heavy atom. The summed E-state index contributed by atoms with van der Waals surface area (Å²) >= 11 is 0. The summed E-state index contributed by atoms with van der Waals surface area (Å²) in [7, 11) is -4.40. The smallest absolute Gasteiger partial charge is 0.472 e. The normalized spacial score (nSPS) is 15.4. The molecule has 0 bridgehead atoms. The molecule has 0 saturated heterocycles. The number of ether oxygens (including phenoxy) is 2. The maximum absolute atomic E-state index is 12.6. The Morgan fingerprint density at radius 1 is 0.800 bits per heavy atom. The lowest BCUT2D eigenvalue weighted by atomic mass is 10.1. The van der Waals surface area contributed by atoms with Crippen LogP contribution in [0.4, 0.5) is 0 Å². The van der Waals surface area contributed by atoms with Gasteiger partial charge in [0.2, 0.25) is 0 Å². The van der Waals surface area contributed by atoms with Crippen molar-refractivity contribution in [3.8, 4) is 0 Å². The molecule has 11 heteroatoms. The Bertz CT molecular complexity index is 637. The minimum atomic E-state index is -4.40. The SMILES string of the molecule is CCCCCCCCCCCC(=O)OC[C@@H](COP(=O)(O)OCC[NH3+])OC([O-])(O)CCCCCCCCCCC. The second kappa shape index (κ2) is 26.1. The first-order valence-electron chi connectivity index (χ1n) is 15.8. The number of aliphatic hydroxyl groups is 1. The molecule has 0 aliphatic heterocycles. The van der Waals surface area contributed by atoms with Crippen molar-refractivity contribution in [2.45, 2.75) is 154 Å². The van der Waals surface area contributed by atoms with Gasteiger partial charge < -0.3 is 30.3 Å². The van der Waals surface area contributed by atoms with Gasteiger partial charge in [0.15, 0.2) is 0 Å². The maximum atomic E-state index is 12.6. The van der Waals surface area contributed by atoms with E-state index in [9.17, 15) is 24.5 Å². The molecule has 0 aromatic heterocycles. The van der Waals surface area contributed by atoms with Crippen LogP contribution in [0, 0.1) is 0 Å². The molecule has 0 aromatic carbocycles. The van der Waals surface area contributed by atoms with Gasteiger partial charge >= 0.3 is 13.8 Å². The molecule has 0 saturated carbocycles. The van der Waals surface area contributed by atoms with E-state index in [1.807, 2.05) is 0 Å². The molecule has 40 heavy (non-hydrogen) atoms. The molecule has 240 valence electrons. The third-order valence-corrected chi connectivity index (χ3v) is 7.67. The molecule has 0 radical (unpaired) electrons. The summed E-state index contributed by atoms with van der Waals surface area (Å²) in [6.45, 7) is 3.63. The predicted octanol–water partition coefficient (Wildman–Crippen LogP) is 5.14. The number of unbranched alkanes of at least 4 members (excludes halogenated alkanes) is 16. The maximum Gasteiger partial charge on any atom is 0.472 e. The van der Waals surface area contributed by atoms with E-state index in [0.29, 0.717) is 12.8 Å². The lowest BCUT2D eigenvalue weighted by Gasteiger charge is -2.37. The lowest BCUT2D eigenvalue weighted by Crippen LogP contribution is -2.52. The molecule has 2 unspecified atom stereocenters. The van der Waals surface area contributed by atoms with Crippen LogP contribution >= 0.6 is 7.82 Å². The topological polar surface area (TPSA) is 162 Å². The number of phosphoric acid groups is 1. The predicted molar refractivity (Wildman–Crippen MR) is 154 cm³/mol. The first-order valence-corrected chi connectivity index (χ1v) is 17.3. The van der Waals surface area contributed by atoms with Crippen LogP contribution in [-0.4, -0.2) is 54.4 Å². The second-order valence-electron chi connectivity index (χ2n) is 10.7. The van der Waals surface area contributed by atoms with E-state index in [-0.39, 0.29) is 32.6 Å². The van der Waals surface area contributed by atoms with Crippen LogP contribution in [0.2, 0.25) is 0 Å². The van der Waals surface area contributed by atoms with Gasteiger partial charge in [0.25, 0.3) is 0 Å². The van der Waals surface area contributed by atoms with Crippen molar-refractivity contribution in [2.75, 3.05) is 26.4 Å². The molecule has 0 aliphatic carbocycles. The molecule has 0 aromatic rings. The van der Waals surface area contributed by atoms with Crippen LogP contribution < -0.4 is 10.8 Å². The highest BCUT2D eigenvalue weighted by atomic mass is 31.2. The Morgan fingerprint density at radius 2 is 1.27 bits per heavy atom. The Balaban J connectivity index is 4.49. The van der Waals surface area contributed by atoms with Crippen LogP contribution in [0.5, 0.6) is 0 Å². The van der Waals surface area contributed by atoms with Crippen molar-refractivity contribution < 1.29 is 48.7 Å². The first kappa shape index (κ1) is 39.4. The Kier molecular flexibility index (Phi) is 25.7. The fourth-order valence-corrected chi connectivity index (χ4v) is 5.12. The van der Waals surface area contributed by atoms with Crippen molar-refractivity contribution in [1.29, 1.82) is 0 Å². The fraction of sp³-hybridized carbons (Fsp3) is 0.966. The molecule has 5 N–H and O–H groups in total. The highest BCUT2D eigenvalue weighted by molar-refractivity contribution is 7.47. The Labute approximate surface area is 243 Å². The summed E-state index contributed by atoms with van der Waals surface area (Å²) < 4.78 is 32.2. The summed E-state index contributed by atoms with van der Waals surface area (Å²) in [6.07, 6.45) is 18.4. The zero-order valence-corrected chi connectivity index (χ0v) is 26.3. The summed E-state index contributed by atoms with van der Waals surface area (Å²) in [5.41, 5.74) is 3.53. The fourth-order valence-electron chi connectivity index (χ4n) is 4.33. The molecular weight excluding hydrogens is 537 g/mol. The van der Waals surface area contributed by atoms with E-state index < -0.39 is 32.5 Å². The minimum Gasteiger partial charge on any atom is -0.807 e.